The zero-order chi connectivity index (χ0) is 14.8. The van der Waals surface area contributed by atoms with Gasteiger partial charge in [-0.15, -0.1) is 0 Å². The fraction of sp³-hybridized carbons (Fsp3) is 0.429. The summed E-state index contributed by atoms with van der Waals surface area (Å²) in [6, 6.07) is 5.38. The highest BCUT2D eigenvalue weighted by Gasteiger charge is 2.26. The third kappa shape index (κ3) is 2.60. The van der Waals surface area contributed by atoms with E-state index in [0.717, 1.165) is 0 Å². The molecule has 1 aromatic heterocycles. The number of benzene rings is 1. The van der Waals surface area contributed by atoms with Gasteiger partial charge in [0, 0.05) is 0 Å². The van der Waals surface area contributed by atoms with Gasteiger partial charge in [-0.1, -0.05) is 12.1 Å². The van der Waals surface area contributed by atoms with Crippen LogP contribution in [-0.4, -0.2) is 24.4 Å². The fourth-order valence-corrected chi connectivity index (χ4v) is 1.70. The zero-order valence-electron chi connectivity index (χ0n) is 12.1. The molecule has 20 heavy (non-hydrogen) atoms. The van der Waals surface area contributed by atoms with Gasteiger partial charge in [-0.05, 0) is 31.5 Å². The Morgan fingerprint density at radius 2 is 2.05 bits per heavy atom. The molecule has 1 aromatic carbocycles. The van der Waals surface area contributed by atoms with E-state index < -0.39 is 5.54 Å². The molecular weight excluding hydrogens is 258 g/mol. The monoisotopic (exact) mass is 277 g/mol. The fourth-order valence-electron chi connectivity index (χ4n) is 1.70. The maximum absolute atomic E-state index is 6.11. The number of methoxy groups -OCH3 is 2. The molecule has 6 nitrogen and oxygen atoms in total. The third-order valence-corrected chi connectivity index (χ3v) is 3.31. The van der Waals surface area contributed by atoms with Crippen molar-refractivity contribution in [2.75, 3.05) is 14.2 Å². The Morgan fingerprint density at radius 3 is 2.65 bits per heavy atom. The van der Waals surface area contributed by atoms with E-state index in [1.54, 1.807) is 32.4 Å². The molecule has 0 aliphatic rings. The first-order valence-electron chi connectivity index (χ1n) is 6.37. The van der Waals surface area contributed by atoms with E-state index in [0.29, 0.717) is 35.2 Å². The summed E-state index contributed by atoms with van der Waals surface area (Å²) >= 11 is 0. The highest BCUT2D eigenvalue weighted by molar-refractivity contribution is 5.65. The number of ether oxygens (including phenoxy) is 2. The smallest absolute Gasteiger partial charge is 0.261 e. The van der Waals surface area contributed by atoms with E-state index in [-0.39, 0.29) is 0 Å². The molecule has 0 aliphatic carbocycles. The highest BCUT2D eigenvalue weighted by Crippen LogP contribution is 2.33. The topological polar surface area (TPSA) is 83.4 Å². The van der Waals surface area contributed by atoms with Crippen LogP contribution in [0.2, 0.25) is 0 Å². The minimum absolute atomic E-state index is 0.362. The lowest BCUT2D eigenvalue weighted by atomic mass is 10.00. The molecule has 0 bridgehead atoms. The molecule has 0 saturated heterocycles. The molecule has 1 heterocycles. The van der Waals surface area contributed by atoms with Gasteiger partial charge in [0.15, 0.2) is 5.82 Å². The summed E-state index contributed by atoms with van der Waals surface area (Å²) in [4.78, 5) is 4.37. The van der Waals surface area contributed by atoms with Gasteiger partial charge >= 0.3 is 0 Å². The van der Waals surface area contributed by atoms with Crippen LogP contribution >= 0.6 is 0 Å². The van der Waals surface area contributed by atoms with Crippen LogP contribution in [0.4, 0.5) is 0 Å². The molecular formula is C14H19N3O3. The molecule has 1 unspecified atom stereocenters. The van der Waals surface area contributed by atoms with Crippen molar-refractivity contribution in [3.63, 3.8) is 0 Å². The lowest BCUT2D eigenvalue weighted by molar-refractivity contribution is 0.375. The van der Waals surface area contributed by atoms with Crippen LogP contribution < -0.4 is 15.2 Å². The van der Waals surface area contributed by atoms with Gasteiger partial charge in [0.2, 0.25) is 0 Å². The summed E-state index contributed by atoms with van der Waals surface area (Å²) in [6.07, 6.45) is 0.710. The SMILES string of the molecule is CCC(C)(N)c1noc(-c2cc(OC)ccc2OC)n1. The van der Waals surface area contributed by atoms with E-state index in [2.05, 4.69) is 10.1 Å². The molecule has 0 fully saturated rings. The van der Waals surface area contributed by atoms with Crippen molar-refractivity contribution in [3.8, 4) is 23.0 Å². The molecule has 2 aromatic rings. The van der Waals surface area contributed by atoms with Crippen LogP contribution in [0.5, 0.6) is 11.5 Å². The molecule has 0 aliphatic heterocycles. The van der Waals surface area contributed by atoms with Crippen LogP contribution in [0.1, 0.15) is 26.1 Å². The summed E-state index contributed by atoms with van der Waals surface area (Å²) in [5.41, 5.74) is 6.18. The van der Waals surface area contributed by atoms with Gasteiger partial charge in [-0.3, -0.25) is 0 Å². The summed E-state index contributed by atoms with van der Waals surface area (Å²) in [7, 11) is 3.18. The van der Waals surface area contributed by atoms with E-state index >= 15 is 0 Å². The molecule has 1 atom stereocenters. The Bertz CT molecular complexity index is 593. The van der Waals surface area contributed by atoms with E-state index in [4.69, 9.17) is 19.7 Å². The molecule has 108 valence electrons. The maximum atomic E-state index is 6.11. The average Bonchev–Trinajstić information content (AvgIpc) is 2.97. The summed E-state index contributed by atoms with van der Waals surface area (Å²) in [6.45, 7) is 3.84. The quantitative estimate of drug-likeness (QED) is 0.903. The Hall–Kier alpha value is -2.08. The highest BCUT2D eigenvalue weighted by atomic mass is 16.5. The first kappa shape index (κ1) is 14.3. The molecule has 0 saturated carbocycles. The lowest BCUT2D eigenvalue weighted by Gasteiger charge is -2.16. The van der Waals surface area contributed by atoms with Crippen LogP contribution in [0, 0.1) is 0 Å². The first-order valence-corrected chi connectivity index (χ1v) is 6.37. The number of nitrogens with zero attached hydrogens (tertiary/aromatic N) is 2. The molecule has 2 rings (SSSR count). The number of aromatic nitrogens is 2. The van der Waals surface area contributed by atoms with E-state index in [1.807, 2.05) is 13.8 Å². The Balaban J connectivity index is 2.46. The van der Waals surface area contributed by atoms with E-state index in [1.165, 1.54) is 0 Å². The van der Waals surface area contributed by atoms with Crippen molar-refractivity contribution < 1.29 is 14.0 Å². The number of rotatable bonds is 5. The van der Waals surface area contributed by atoms with Gasteiger partial charge in [0.05, 0.1) is 25.3 Å². The molecule has 0 radical (unpaired) electrons. The van der Waals surface area contributed by atoms with Crippen LogP contribution in [0.25, 0.3) is 11.5 Å². The van der Waals surface area contributed by atoms with E-state index in [9.17, 15) is 0 Å². The molecule has 6 heteroatoms. The predicted molar refractivity (Wildman–Crippen MR) is 74.7 cm³/mol. The van der Waals surface area contributed by atoms with Gasteiger partial charge in [0.25, 0.3) is 5.89 Å². The van der Waals surface area contributed by atoms with Crippen molar-refractivity contribution in [1.82, 2.24) is 10.1 Å². The number of nitrogens with two attached hydrogens (primary N) is 1. The summed E-state index contributed by atoms with van der Waals surface area (Å²) in [5, 5.41) is 3.96. The Kier molecular flexibility index (Phi) is 3.94. The van der Waals surface area contributed by atoms with Crippen molar-refractivity contribution in [3.05, 3.63) is 24.0 Å². The second-order valence-electron chi connectivity index (χ2n) is 4.76. The van der Waals surface area contributed by atoms with Gasteiger partial charge in [0.1, 0.15) is 11.5 Å². The first-order chi connectivity index (χ1) is 9.51. The molecule has 0 spiro atoms. The standard InChI is InChI=1S/C14H19N3O3/c1-5-14(2,15)13-16-12(20-17-13)10-8-9(18-3)6-7-11(10)19-4/h6-8H,5,15H2,1-4H3. The maximum Gasteiger partial charge on any atom is 0.261 e. The minimum Gasteiger partial charge on any atom is -0.497 e. The Morgan fingerprint density at radius 1 is 1.30 bits per heavy atom. The van der Waals surface area contributed by atoms with Gasteiger partial charge < -0.3 is 19.7 Å². The largest absolute Gasteiger partial charge is 0.497 e. The predicted octanol–water partition coefficient (Wildman–Crippen LogP) is 2.34. The van der Waals surface area contributed by atoms with Gasteiger partial charge in [-0.25, -0.2) is 0 Å². The minimum atomic E-state index is -0.617. The Labute approximate surface area is 117 Å². The van der Waals surface area contributed by atoms with Gasteiger partial charge in [-0.2, -0.15) is 4.98 Å². The summed E-state index contributed by atoms with van der Waals surface area (Å²) < 4.78 is 15.8. The summed E-state index contributed by atoms with van der Waals surface area (Å²) in [5.74, 6) is 2.16. The lowest BCUT2D eigenvalue weighted by Crippen LogP contribution is -2.33. The van der Waals surface area contributed by atoms with Crippen molar-refractivity contribution in [2.45, 2.75) is 25.8 Å². The molecule has 2 N–H and O–H groups in total. The van der Waals surface area contributed by atoms with Crippen LogP contribution in [0.15, 0.2) is 22.7 Å². The van der Waals surface area contributed by atoms with Crippen LogP contribution in [0.3, 0.4) is 0 Å². The zero-order valence-corrected chi connectivity index (χ0v) is 12.1. The molecule has 0 amide bonds. The number of hydrogen-bond donors (Lipinski definition) is 1. The third-order valence-electron chi connectivity index (χ3n) is 3.31. The second-order valence-corrected chi connectivity index (χ2v) is 4.76. The number of hydrogen-bond acceptors (Lipinski definition) is 6. The van der Waals surface area contributed by atoms with Crippen molar-refractivity contribution in [2.24, 2.45) is 5.73 Å². The van der Waals surface area contributed by atoms with Crippen molar-refractivity contribution >= 4 is 0 Å². The second kappa shape index (κ2) is 5.50. The average molecular weight is 277 g/mol. The van der Waals surface area contributed by atoms with Crippen LogP contribution in [-0.2, 0) is 5.54 Å². The van der Waals surface area contributed by atoms with Crippen molar-refractivity contribution in [1.29, 1.82) is 0 Å². The normalized spacial score (nSPS) is 13.8.